The van der Waals surface area contributed by atoms with Crippen molar-refractivity contribution >= 4 is 17.6 Å². The van der Waals surface area contributed by atoms with Gasteiger partial charge in [0.15, 0.2) is 11.6 Å². The number of aliphatic carboxylic acids is 1. The predicted octanol–water partition coefficient (Wildman–Crippen LogP) is 8.26. The number of hydrogen-bond acceptors (Lipinski definition) is 7. The number of carboxylic acids is 1. The number of carboxylic acid groups (broad SMARTS) is 1. The van der Waals surface area contributed by atoms with Gasteiger partial charge in [-0.05, 0) is 65.4 Å². The Hall–Kier alpha value is -4.61. The average molecular weight is 739 g/mol. The standard InChI is InChI=1S/C43H40ClFO8/c1-2-48-37-21-18-32(23-36(37)45)22-33-24-34(19-20-35(33)44)43-40(51-27-31-16-10-5-11-17-31)38(49-25-29-12-6-3-7-13-29)39(42(53-43,28-52-43)41(46)47)50-26-30-14-8-4-9-15-30/h3-21,23-24,38-40H,2,22,25-28H2,1H3,(H,46,47)/t38-,39-,40+,42-,43-/m0/s1. The molecule has 2 heterocycles. The molecule has 0 spiro atoms. The van der Waals surface area contributed by atoms with Gasteiger partial charge in [-0.1, -0.05) is 115 Å². The number of hydrogen-bond donors (Lipinski definition) is 1. The Kier molecular flexibility index (Phi) is 11.2. The third kappa shape index (κ3) is 7.73. The van der Waals surface area contributed by atoms with Crippen molar-refractivity contribution < 1.29 is 42.7 Å². The van der Waals surface area contributed by atoms with Gasteiger partial charge < -0.3 is 33.5 Å². The lowest BCUT2D eigenvalue weighted by molar-refractivity contribution is -0.345. The third-order valence-electron chi connectivity index (χ3n) is 9.60. The van der Waals surface area contributed by atoms with Crippen LogP contribution in [0.4, 0.5) is 4.39 Å². The van der Waals surface area contributed by atoms with Crippen LogP contribution >= 0.6 is 11.6 Å². The fourth-order valence-corrected chi connectivity index (χ4v) is 7.15. The molecule has 2 aliphatic rings. The molecule has 5 atom stereocenters. The molecule has 5 aromatic carbocycles. The second kappa shape index (κ2) is 16.2. The van der Waals surface area contributed by atoms with Gasteiger partial charge in [0.1, 0.15) is 18.3 Å². The lowest BCUT2D eigenvalue weighted by Crippen LogP contribution is -2.68. The third-order valence-corrected chi connectivity index (χ3v) is 9.97. The molecule has 0 unspecified atom stereocenters. The molecule has 0 aliphatic carbocycles. The number of fused-ring (bicyclic) bond motifs is 2. The van der Waals surface area contributed by atoms with Gasteiger partial charge in [-0.25, -0.2) is 9.18 Å². The number of rotatable bonds is 15. The van der Waals surface area contributed by atoms with Crippen molar-refractivity contribution in [2.45, 2.75) is 62.9 Å². The molecule has 2 aliphatic heterocycles. The van der Waals surface area contributed by atoms with Crippen LogP contribution in [-0.2, 0) is 60.5 Å². The summed E-state index contributed by atoms with van der Waals surface area (Å²) in [4.78, 5) is 13.5. The lowest BCUT2D eigenvalue weighted by atomic mass is 9.82. The highest BCUT2D eigenvalue weighted by atomic mass is 35.5. The number of benzene rings is 5. The van der Waals surface area contributed by atoms with Gasteiger partial charge in [-0.2, -0.15) is 0 Å². The number of halogens is 2. The van der Waals surface area contributed by atoms with Crippen LogP contribution in [0.2, 0.25) is 5.02 Å². The SMILES string of the molecule is CCOc1ccc(Cc2cc([C@]34OC[C@](C(=O)O)(O3)[C@@H](OCc3ccccc3)[C@H](OCc3ccccc3)[C@H]4OCc3ccccc3)ccc2Cl)cc1F. The van der Waals surface area contributed by atoms with Crippen molar-refractivity contribution in [1.29, 1.82) is 0 Å². The second-order valence-electron chi connectivity index (χ2n) is 13.1. The summed E-state index contributed by atoms with van der Waals surface area (Å²) in [5.41, 5.74) is 2.42. The van der Waals surface area contributed by atoms with Gasteiger partial charge >= 0.3 is 5.97 Å². The van der Waals surface area contributed by atoms with Crippen molar-refractivity contribution in [3.05, 3.63) is 172 Å². The summed E-state index contributed by atoms with van der Waals surface area (Å²) in [6.45, 7) is 2.16. The van der Waals surface area contributed by atoms with E-state index < -0.39 is 41.5 Å². The minimum atomic E-state index is -1.97. The molecule has 5 aromatic rings. The predicted molar refractivity (Wildman–Crippen MR) is 196 cm³/mol. The first-order valence-corrected chi connectivity index (χ1v) is 17.9. The van der Waals surface area contributed by atoms with Crippen molar-refractivity contribution in [3.63, 3.8) is 0 Å². The topological polar surface area (TPSA) is 92.7 Å². The van der Waals surface area contributed by atoms with Crippen LogP contribution in [0.5, 0.6) is 5.75 Å². The summed E-state index contributed by atoms with van der Waals surface area (Å²) in [6.07, 6.45) is -2.91. The summed E-state index contributed by atoms with van der Waals surface area (Å²) in [5.74, 6) is -3.33. The Morgan fingerprint density at radius 1 is 0.774 bits per heavy atom. The molecule has 0 aromatic heterocycles. The van der Waals surface area contributed by atoms with Crippen LogP contribution in [0.15, 0.2) is 127 Å². The number of carbonyl (C=O) groups is 1. The summed E-state index contributed by atoms with van der Waals surface area (Å²) < 4.78 is 53.6. The maximum Gasteiger partial charge on any atom is 0.341 e. The molecule has 2 fully saturated rings. The van der Waals surface area contributed by atoms with Gasteiger partial charge in [0.05, 0.1) is 33.0 Å². The van der Waals surface area contributed by atoms with Crippen LogP contribution in [0.25, 0.3) is 0 Å². The minimum absolute atomic E-state index is 0.0945. The van der Waals surface area contributed by atoms with Crippen LogP contribution < -0.4 is 4.74 Å². The van der Waals surface area contributed by atoms with Crippen molar-refractivity contribution in [2.75, 3.05) is 13.2 Å². The minimum Gasteiger partial charge on any atom is -0.491 e. The molecule has 1 N–H and O–H groups in total. The molecule has 0 saturated carbocycles. The Balaban J connectivity index is 1.31. The van der Waals surface area contributed by atoms with E-state index in [9.17, 15) is 14.3 Å². The quantitative estimate of drug-likeness (QED) is 0.115. The van der Waals surface area contributed by atoms with Crippen molar-refractivity contribution in [2.24, 2.45) is 0 Å². The zero-order valence-electron chi connectivity index (χ0n) is 29.2. The molecule has 8 nitrogen and oxygen atoms in total. The molecule has 0 amide bonds. The van der Waals surface area contributed by atoms with Gasteiger partial charge in [0.2, 0.25) is 11.4 Å². The van der Waals surface area contributed by atoms with E-state index in [0.717, 1.165) is 16.7 Å². The zero-order chi connectivity index (χ0) is 36.8. The van der Waals surface area contributed by atoms with E-state index in [2.05, 4.69) is 0 Å². The Bertz CT molecular complexity index is 2000. The highest BCUT2D eigenvalue weighted by Crippen LogP contribution is 2.53. The molecule has 0 radical (unpaired) electrons. The Morgan fingerprint density at radius 2 is 1.36 bits per heavy atom. The number of ether oxygens (including phenoxy) is 6. The van der Waals surface area contributed by atoms with Gasteiger partial charge in [0.25, 0.3) is 0 Å². The molecule has 2 saturated heterocycles. The van der Waals surface area contributed by atoms with Gasteiger partial charge in [-0.3, -0.25) is 0 Å². The molecule has 53 heavy (non-hydrogen) atoms. The van der Waals surface area contributed by atoms with Crippen LogP contribution in [0.3, 0.4) is 0 Å². The molecule has 2 bridgehead atoms. The van der Waals surface area contributed by atoms with Crippen LogP contribution in [0, 0.1) is 5.82 Å². The maximum absolute atomic E-state index is 14.9. The summed E-state index contributed by atoms with van der Waals surface area (Å²) >= 11 is 6.76. The van der Waals surface area contributed by atoms with Gasteiger partial charge in [-0.15, -0.1) is 0 Å². The first kappa shape index (κ1) is 36.7. The fourth-order valence-electron chi connectivity index (χ4n) is 6.97. The summed E-state index contributed by atoms with van der Waals surface area (Å²) in [6, 6.07) is 38.7. The zero-order valence-corrected chi connectivity index (χ0v) is 29.9. The summed E-state index contributed by atoms with van der Waals surface area (Å²) in [5, 5.41) is 11.4. The monoisotopic (exact) mass is 738 g/mol. The Labute approximate surface area is 312 Å². The Morgan fingerprint density at radius 3 is 1.92 bits per heavy atom. The average Bonchev–Trinajstić information content (AvgIpc) is 3.55. The van der Waals surface area contributed by atoms with E-state index in [0.29, 0.717) is 28.3 Å². The van der Waals surface area contributed by atoms with E-state index in [1.165, 1.54) is 6.07 Å². The van der Waals surface area contributed by atoms with Crippen LogP contribution in [0.1, 0.15) is 40.3 Å². The van der Waals surface area contributed by atoms with E-state index in [1.807, 2.05) is 91.0 Å². The smallest absolute Gasteiger partial charge is 0.341 e. The maximum atomic E-state index is 14.9. The second-order valence-corrected chi connectivity index (χ2v) is 13.5. The van der Waals surface area contributed by atoms with E-state index in [4.69, 9.17) is 40.0 Å². The van der Waals surface area contributed by atoms with Crippen molar-refractivity contribution in [1.82, 2.24) is 0 Å². The molecule has 7 rings (SSSR count). The van der Waals surface area contributed by atoms with Crippen molar-refractivity contribution in [3.8, 4) is 5.75 Å². The lowest BCUT2D eigenvalue weighted by Gasteiger charge is -2.49. The van der Waals surface area contributed by atoms with E-state index in [1.54, 1.807) is 37.3 Å². The highest BCUT2D eigenvalue weighted by Gasteiger charge is 2.72. The first-order chi connectivity index (χ1) is 25.8. The first-order valence-electron chi connectivity index (χ1n) is 17.6. The van der Waals surface area contributed by atoms with Crippen LogP contribution in [-0.4, -0.2) is 48.2 Å². The molecular weight excluding hydrogens is 699 g/mol. The van der Waals surface area contributed by atoms with E-state index >= 15 is 0 Å². The normalized spacial score (nSPS) is 23.5. The highest BCUT2D eigenvalue weighted by molar-refractivity contribution is 6.31. The molecule has 10 heteroatoms. The molecular formula is C43H40ClFO8. The van der Waals surface area contributed by atoms with E-state index in [-0.39, 0.29) is 38.6 Å². The largest absolute Gasteiger partial charge is 0.491 e. The fraction of sp³-hybridized carbons (Fsp3) is 0.279. The summed E-state index contributed by atoms with van der Waals surface area (Å²) in [7, 11) is 0. The molecule has 274 valence electrons. The van der Waals surface area contributed by atoms with Gasteiger partial charge in [0, 0.05) is 10.6 Å².